The Morgan fingerprint density at radius 3 is 2.78 bits per heavy atom. The van der Waals surface area contributed by atoms with Crippen LogP contribution >= 0.6 is 0 Å². The van der Waals surface area contributed by atoms with Gasteiger partial charge in [0.25, 0.3) is 11.6 Å². The highest BCUT2D eigenvalue weighted by molar-refractivity contribution is 6.00. The highest BCUT2D eigenvalue weighted by Crippen LogP contribution is 2.24. The van der Waals surface area contributed by atoms with Crippen molar-refractivity contribution in [1.29, 1.82) is 0 Å². The number of carbonyl (C=O) groups excluding carboxylic acids is 1. The fourth-order valence-corrected chi connectivity index (χ4v) is 1.42. The third kappa shape index (κ3) is 3.19. The molecule has 0 fully saturated rings. The summed E-state index contributed by atoms with van der Waals surface area (Å²) in [6, 6.07) is 4.21. The first-order valence-electron chi connectivity index (χ1n) is 5.78. The lowest BCUT2D eigenvalue weighted by Crippen LogP contribution is -2.28. The largest absolute Gasteiger partial charge is 0.393 e. The van der Waals surface area contributed by atoms with Crippen LogP contribution in [0.15, 0.2) is 18.2 Å². The van der Waals surface area contributed by atoms with Gasteiger partial charge in [-0.25, -0.2) is 0 Å². The highest BCUT2D eigenvalue weighted by atomic mass is 16.6. The maximum atomic E-state index is 11.8. The molecule has 0 aliphatic heterocycles. The van der Waals surface area contributed by atoms with Crippen LogP contribution in [0, 0.1) is 16.0 Å². The molecule has 3 N–H and O–H groups in total. The van der Waals surface area contributed by atoms with E-state index in [0.29, 0.717) is 12.5 Å². The number of rotatable bonds is 5. The van der Waals surface area contributed by atoms with Crippen LogP contribution in [0.5, 0.6) is 0 Å². The minimum atomic E-state index is -0.596. The van der Waals surface area contributed by atoms with Crippen molar-refractivity contribution >= 4 is 17.3 Å². The van der Waals surface area contributed by atoms with E-state index < -0.39 is 4.92 Å². The molecule has 6 nitrogen and oxygen atoms in total. The van der Waals surface area contributed by atoms with E-state index in [1.165, 1.54) is 18.2 Å². The predicted octanol–water partition coefficient (Wildman–Crippen LogP) is 1.95. The van der Waals surface area contributed by atoms with Gasteiger partial charge in [-0.05, 0) is 12.0 Å². The summed E-state index contributed by atoms with van der Waals surface area (Å²) in [6.45, 7) is 4.56. The van der Waals surface area contributed by atoms with Crippen LogP contribution in [-0.2, 0) is 0 Å². The molecule has 1 amide bonds. The SMILES string of the molecule is CCC(C)CNC(=O)c1cccc([N+](=O)[O-])c1N. The molecular weight excluding hydrogens is 234 g/mol. The number of amides is 1. The Hall–Kier alpha value is -2.11. The minimum absolute atomic E-state index is 0.0934. The van der Waals surface area contributed by atoms with Gasteiger partial charge in [0.1, 0.15) is 5.69 Å². The number of anilines is 1. The smallest absolute Gasteiger partial charge is 0.292 e. The number of benzene rings is 1. The number of hydrogen-bond donors (Lipinski definition) is 2. The van der Waals surface area contributed by atoms with Crippen molar-refractivity contribution in [3.63, 3.8) is 0 Å². The Bertz CT molecular complexity index is 460. The zero-order valence-corrected chi connectivity index (χ0v) is 10.5. The number of nitrogens with one attached hydrogen (secondary N) is 1. The molecule has 1 atom stereocenters. The minimum Gasteiger partial charge on any atom is -0.393 e. The van der Waals surface area contributed by atoms with Crippen molar-refractivity contribution in [2.24, 2.45) is 5.92 Å². The topological polar surface area (TPSA) is 98.3 Å². The number of nitrogens with two attached hydrogens (primary N) is 1. The third-order valence-corrected chi connectivity index (χ3v) is 2.83. The predicted molar refractivity (Wildman–Crippen MR) is 69.3 cm³/mol. The van der Waals surface area contributed by atoms with Crippen molar-refractivity contribution < 1.29 is 9.72 Å². The molecule has 0 aliphatic carbocycles. The zero-order valence-electron chi connectivity index (χ0n) is 10.5. The van der Waals surface area contributed by atoms with Gasteiger partial charge in [0.2, 0.25) is 0 Å². The molecule has 1 aromatic carbocycles. The van der Waals surface area contributed by atoms with Gasteiger partial charge >= 0.3 is 0 Å². The molecule has 1 unspecified atom stereocenters. The van der Waals surface area contributed by atoms with E-state index in [4.69, 9.17) is 5.73 Å². The molecule has 0 aliphatic rings. The quantitative estimate of drug-likeness (QED) is 0.474. The number of hydrogen-bond acceptors (Lipinski definition) is 4. The van der Waals surface area contributed by atoms with Crippen molar-refractivity contribution in [1.82, 2.24) is 5.32 Å². The lowest BCUT2D eigenvalue weighted by molar-refractivity contribution is -0.383. The van der Waals surface area contributed by atoms with Crippen LogP contribution in [0.1, 0.15) is 30.6 Å². The Morgan fingerprint density at radius 2 is 2.22 bits per heavy atom. The van der Waals surface area contributed by atoms with Crippen molar-refractivity contribution in [3.8, 4) is 0 Å². The summed E-state index contributed by atoms with van der Waals surface area (Å²) in [5.74, 6) is -0.0228. The van der Waals surface area contributed by atoms with Crippen LogP contribution in [0.25, 0.3) is 0 Å². The number of carbonyl (C=O) groups is 1. The van der Waals surface area contributed by atoms with Gasteiger partial charge < -0.3 is 11.1 Å². The van der Waals surface area contributed by atoms with E-state index in [1.54, 1.807) is 0 Å². The summed E-state index contributed by atoms with van der Waals surface area (Å²) in [7, 11) is 0. The number of para-hydroxylation sites is 1. The van der Waals surface area contributed by atoms with Gasteiger partial charge in [-0.1, -0.05) is 26.3 Å². The second-order valence-corrected chi connectivity index (χ2v) is 4.22. The van der Waals surface area contributed by atoms with Gasteiger partial charge in [0.15, 0.2) is 0 Å². The number of nitrogens with zero attached hydrogens (tertiary/aromatic N) is 1. The van der Waals surface area contributed by atoms with Gasteiger partial charge in [-0.15, -0.1) is 0 Å². The van der Waals surface area contributed by atoms with Gasteiger partial charge in [0.05, 0.1) is 10.5 Å². The monoisotopic (exact) mass is 251 g/mol. The number of nitro groups is 1. The first-order valence-corrected chi connectivity index (χ1v) is 5.78. The lowest BCUT2D eigenvalue weighted by atomic mass is 10.1. The maximum Gasteiger partial charge on any atom is 0.292 e. The molecule has 0 saturated carbocycles. The van der Waals surface area contributed by atoms with E-state index in [-0.39, 0.29) is 22.8 Å². The molecule has 0 bridgehead atoms. The zero-order chi connectivity index (χ0) is 13.7. The highest BCUT2D eigenvalue weighted by Gasteiger charge is 2.18. The van der Waals surface area contributed by atoms with Crippen molar-refractivity contribution in [3.05, 3.63) is 33.9 Å². The second-order valence-electron chi connectivity index (χ2n) is 4.22. The van der Waals surface area contributed by atoms with Gasteiger partial charge in [-0.3, -0.25) is 14.9 Å². The van der Waals surface area contributed by atoms with E-state index in [0.717, 1.165) is 6.42 Å². The molecule has 1 rings (SSSR count). The fraction of sp³-hybridized carbons (Fsp3) is 0.417. The second kappa shape index (κ2) is 6.00. The van der Waals surface area contributed by atoms with Crippen molar-refractivity contribution in [2.45, 2.75) is 20.3 Å². The number of nitro benzene ring substituents is 1. The molecule has 6 heteroatoms. The Labute approximate surface area is 105 Å². The first kappa shape index (κ1) is 14.0. The van der Waals surface area contributed by atoms with Gasteiger partial charge in [0, 0.05) is 12.6 Å². The lowest BCUT2D eigenvalue weighted by Gasteiger charge is -2.11. The Kier molecular flexibility index (Phi) is 4.65. The average molecular weight is 251 g/mol. The fourth-order valence-electron chi connectivity index (χ4n) is 1.42. The molecular formula is C12H17N3O3. The molecule has 0 heterocycles. The molecule has 0 spiro atoms. The summed E-state index contributed by atoms with van der Waals surface area (Å²) in [5, 5.41) is 13.4. The maximum absolute atomic E-state index is 11.8. The summed E-state index contributed by atoms with van der Waals surface area (Å²) in [6.07, 6.45) is 0.949. The van der Waals surface area contributed by atoms with E-state index in [1.807, 2.05) is 13.8 Å². The Balaban J connectivity index is 2.86. The van der Waals surface area contributed by atoms with Crippen molar-refractivity contribution in [2.75, 3.05) is 12.3 Å². The van der Waals surface area contributed by atoms with E-state index >= 15 is 0 Å². The number of nitrogen functional groups attached to an aromatic ring is 1. The summed E-state index contributed by atoms with van der Waals surface area (Å²) in [5.41, 5.74) is 5.43. The van der Waals surface area contributed by atoms with Crippen LogP contribution in [0.3, 0.4) is 0 Å². The molecule has 0 saturated heterocycles. The molecule has 0 radical (unpaired) electrons. The summed E-state index contributed by atoms with van der Waals surface area (Å²) in [4.78, 5) is 22.0. The third-order valence-electron chi connectivity index (χ3n) is 2.83. The normalized spacial score (nSPS) is 11.9. The molecule has 1 aromatic rings. The van der Waals surface area contributed by atoms with Crippen LogP contribution in [0.4, 0.5) is 11.4 Å². The van der Waals surface area contributed by atoms with Crippen LogP contribution in [-0.4, -0.2) is 17.4 Å². The van der Waals surface area contributed by atoms with E-state index in [9.17, 15) is 14.9 Å². The summed E-state index contributed by atoms with van der Waals surface area (Å²) >= 11 is 0. The van der Waals surface area contributed by atoms with Crippen LogP contribution < -0.4 is 11.1 Å². The standard InChI is InChI=1S/C12H17N3O3/c1-3-8(2)7-14-12(16)9-5-4-6-10(11(9)13)15(17)18/h4-6,8H,3,7,13H2,1-2H3,(H,14,16). The molecule has 18 heavy (non-hydrogen) atoms. The first-order chi connectivity index (χ1) is 8.47. The molecule has 98 valence electrons. The molecule has 0 aromatic heterocycles. The van der Waals surface area contributed by atoms with Gasteiger partial charge in [-0.2, -0.15) is 0 Å². The Morgan fingerprint density at radius 1 is 1.56 bits per heavy atom. The summed E-state index contributed by atoms with van der Waals surface area (Å²) < 4.78 is 0. The van der Waals surface area contributed by atoms with E-state index in [2.05, 4.69) is 5.32 Å². The van der Waals surface area contributed by atoms with Crippen LogP contribution in [0.2, 0.25) is 0 Å². The average Bonchev–Trinajstić information content (AvgIpc) is 2.35.